The molecule has 1 aliphatic heterocycles. The number of halogens is 1. The maximum absolute atomic E-state index is 13.5. The minimum absolute atomic E-state index is 0.105. The van der Waals surface area contributed by atoms with E-state index in [1.54, 1.807) is 36.4 Å². The van der Waals surface area contributed by atoms with Crippen LogP contribution in [0.2, 0.25) is 0 Å². The third-order valence-electron chi connectivity index (χ3n) is 3.34. The van der Waals surface area contributed by atoms with Crippen LogP contribution in [-0.2, 0) is 17.8 Å². The molecule has 0 amide bonds. The number of aliphatic carboxylic acids is 1. The Bertz CT molecular complexity index is 684. The van der Waals surface area contributed by atoms with Gasteiger partial charge in [-0.05, 0) is 17.7 Å². The van der Waals surface area contributed by atoms with Crippen molar-refractivity contribution < 1.29 is 23.8 Å². The summed E-state index contributed by atoms with van der Waals surface area (Å²) in [5.74, 6) is -0.280. The van der Waals surface area contributed by atoms with Gasteiger partial charge in [-0.15, -0.1) is 0 Å². The van der Waals surface area contributed by atoms with Gasteiger partial charge in [-0.25, -0.2) is 9.18 Å². The number of carbonyl (C=O) groups is 1. The predicted molar refractivity (Wildman–Crippen MR) is 72.9 cm³/mol. The lowest BCUT2D eigenvalue weighted by molar-refractivity contribution is -0.144. The van der Waals surface area contributed by atoms with Crippen LogP contribution in [0, 0.1) is 5.82 Å². The molecule has 1 atom stereocenters. The Morgan fingerprint density at radius 3 is 2.90 bits per heavy atom. The van der Waals surface area contributed by atoms with Crippen molar-refractivity contribution in [2.45, 2.75) is 19.1 Å². The maximum atomic E-state index is 13.5. The molecule has 108 valence electrons. The molecule has 4 nitrogen and oxygen atoms in total. The molecule has 2 aromatic carbocycles. The summed E-state index contributed by atoms with van der Waals surface area (Å²) in [5, 5.41) is 8.94. The normalized spacial score (nSPS) is 16.1. The molecule has 0 aliphatic carbocycles. The highest BCUT2D eigenvalue weighted by atomic mass is 19.1. The third kappa shape index (κ3) is 2.81. The Kier molecular flexibility index (Phi) is 3.48. The van der Waals surface area contributed by atoms with Gasteiger partial charge in [0.1, 0.15) is 23.9 Å². The summed E-state index contributed by atoms with van der Waals surface area (Å²) >= 11 is 0. The van der Waals surface area contributed by atoms with E-state index in [0.717, 1.165) is 5.56 Å². The van der Waals surface area contributed by atoms with Crippen LogP contribution in [0.4, 0.5) is 4.39 Å². The van der Waals surface area contributed by atoms with Gasteiger partial charge in [0.05, 0.1) is 0 Å². The molecular weight excluding hydrogens is 275 g/mol. The Balaban J connectivity index is 1.70. The zero-order chi connectivity index (χ0) is 14.8. The third-order valence-corrected chi connectivity index (χ3v) is 3.34. The molecule has 0 saturated heterocycles. The first-order chi connectivity index (χ1) is 10.1. The predicted octanol–water partition coefficient (Wildman–Crippen LogP) is 2.79. The molecule has 21 heavy (non-hydrogen) atoms. The van der Waals surface area contributed by atoms with Crippen molar-refractivity contribution in [3.05, 3.63) is 59.4 Å². The number of ether oxygens (including phenoxy) is 2. The zero-order valence-corrected chi connectivity index (χ0v) is 11.1. The van der Waals surface area contributed by atoms with Gasteiger partial charge in [-0.2, -0.15) is 0 Å². The monoisotopic (exact) mass is 288 g/mol. The van der Waals surface area contributed by atoms with Crippen LogP contribution in [0.5, 0.6) is 11.5 Å². The smallest absolute Gasteiger partial charge is 0.345 e. The topological polar surface area (TPSA) is 55.8 Å². The van der Waals surface area contributed by atoms with Gasteiger partial charge >= 0.3 is 5.97 Å². The van der Waals surface area contributed by atoms with E-state index in [0.29, 0.717) is 23.5 Å². The van der Waals surface area contributed by atoms with Gasteiger partial charge in [-0.1, -0.05) is 24.3 Å². The Hall–Kier alpha value is -2.56. The van der Waals surface area contributed by atoms with E-state index in [2.05, 4.69) is 0 Å². The van der Waals surface area contributed by atoms with Crippen molar-refractivity contribution in [3.8, 4) is 11.5 Å². The maximum Gasteiger partial charge on any atom is 0.345 e. The second-order valence-electron chi connectivity index (χ2n) is 4.80. The van der Waals surface area contributed by atoms with Crippen LogP contribution >= 0.6 is 0 Å². The van der Waals surface area contributed by atoms with Gasteiger partial charge < -0.3 is 14.6 Å². The first-order valence-corrected chi connectivity index (χ1v) is 6.52. The fraction of sp³-hybridized carbons (Fsp3) is 0.188. The fourth-order valence-electron chi connectivity index (χ4n) is 2.21. The quantitative estimate of drug-likeness (QED) is 0.940. The number of carboxylic acids is 1. The molecule has 1 N–H and O–H groups in total. The number of benzene rings is 2. The van der Waals surface area contributed by atoms with Gasteiger partial charge in [0.15, 0.2) is 6.10 Å². The molecule has 0 fully saturated rings. The van der Waals surface area contributed by atoms with E-state index in [-0.39, 0.29) is 12.4 Å². The van der Waals surface area contributed by atoms with E-state index in [4.69, 9.17) is 14.6 Å². The minimum Gasteiger partial charge on any atom is -0.489 e. The largest absolute Gasteiger partial charge is 0.489 e. The lowest BCUT2D eigenvalue weighted by Crippen LogP contribution is -2.24. The first-order valence-electron chi connectivity index (χ1n) is 6.52. The number of hydrogen-bond acceptors (Lipinski definition) is 3. The Morgan fingerprint density at radius 2 is 2.14 bits per heavy atom. The average molecular weight is 288 g/mol. The average Bonchev–Trinajstić information content (AvgIpc) is 2.90. The second-order valence-corrected chi connectivity index (χ2v) is 4.80. The molecule has 2 aromatic rings. The SMILES string of the molecule is O=C(O)C1Cc2ccc(OCc3ccccc3F)cc2O1. The zero-order valence-electron chi connectivity index (χ0n) is 11.1. The summed E-state index contributed by atoms with van der Waals surface area (Å²) in [5.41, 5.74) is 1.29. The molecule has 1 aliphatic rings. The number of hydrogen-bond donors (Lipinski definition) is 1. The van der Waals surface area contributed by atoms with Crippen molar-refractivity contribution in [2.75, 3.05) is 0 Å². The van der Waals surface area contributed by atoms with E-state index in [1.807, 2.05) is 0 Å². The molecule has 0 radical (unpaired) electrons. The van der Waals surface area contributed by atoms with Crippen LogP contribution in [0.1, 0.15) is 11.1 Å². The minimum atomic E-state index is -0.986. The summed E-state index contributed by atoms with van der Waals surface area (Å²) in [7, 11) is 0. The summed E-state index contributed by atoms with van der Waals surface area (Å²) in [6.07, 6.45) is -0.500. The van der Waals surface area contributed by atoms with Crippen molar-refractivity contribution in [1.29, 1.82) is 0 Å². The van der Waals surface area contributed by atoms with E-state index in [9.17, 15) is 9.18 Å². The second kappa shape index (κ2) is 5.44. The summed E-state index contributed by atoms with van der Waals surface area (Å²) < 4.78 is 24.3. The van der Waals surface area contributed by atoms with Crippen molar-refractivity contribution in [1.82, 2.24) is 0 Å². The molecule has 0 bridgehead atoms. The first kappa shape index (κ1) is 13.4. The Morgan fingerprint density at radius 1 is 1.33 bits per heavy atom. The molecule has 0 spiro atoms. The molecule has 5 heteroatoms. The van der Waals surface area contributed by atoms with Crippen molar-refractivity contribution in [2.24, 2.45) is 0 Å². The van der Waals surface area contributed by atoms with E-state index in [1.165, 1.54) is 6.07 Å². The molecule has 1 unspecified atom stereocenters. The standard InChI is InChI=1S/C16H13FO4/c17-13-4-2-1-3-11(13)9-20-12-6-5-10-7-15(16(18)19)21-14(10)8-12/h1-6,8,15H,7,9H2,(H,18,19). The molecule has 0 aromatic heterocycles. The summed E-state index contributed by atoms with van der Waals surface area (Å²) in [4.78, 5) is 10.9. The summed E-state index contributed by atoms with van der Waals surface area (Å²) in [6, 6.07) is 11.5. The van der Waals surface area contributed by atoms with Crippen molar-refractivity contribution >= 4 is 5.97 Å². The number of rotatable bonds is 4. The van der Waals surface area contributed by atoms with Gasteiger partial charge in [0.2, 0.25) is 0 Å². The highest BCUT2D eigenvalue weighted by Gasteiger charge is 2.28. The van der Waals surface area contributed by atoms with Crippen molar-refractivity contribution in [3.63, 3.8) is 0 Å². The van der Waals surface area contributed by atoms with E-state index < -0.39 is 12.1 Å². The fourth-order valence-corrected chi connectivity index (χ4v) is 2.21. The van der Waals surface area contributed by atoms with Gasteiger partial charge in [0.25, 0.3) is 0 Å². The summed E-state index contributed by atoms with van der Waals surface area (Å²) in [6.45, 7) is 0.105. The molecular formula is C16H13FO4. The lowest BCUT2D eigenvalue weighted by Gasteiger charge is -2.09. The number of fused-ring (bicyclic) bond motifs is 1. The molecule has 1 heterocycles. The van der Waals surface area contributed by atoms with Crippen LogP contribution in [0.3, 0.4) is 0 Å². The van der Waals surface area contributed by atoms with Crippen LogP contribution < -0.4 is 9.47 Å². The highest BCUT2D eigenvalue weighted by Crippen LogP contribution is 2.32. The van der Waals surface area contributed by atoms with Crippen LogP contribution in [-0.4, -0.2) is 17.2 Å². The van der Waals surface area contributed by atoms with Crippen LogP contribution in [0.25, 0.3) is 0 Å². The Labute approximate surface area is 120 Å². The highest BCUT2D eigenvalue weighted by molar-refractivity contribution is 5.74. The lowest BCUT2D eigenvalue weighted by atomic mass is 10.1. The molecule has 0 saturated carbocycles. The van der Waals surface area contributed by atoms with Crippen LogP contribution in [0.15, 0.2) is 42.5 Å². The van der Waals surface area contributed by atoms with Gasteiger partial charge in [0, 0.05) is 18.1 Å². The number of carboxylic acid groups (broad SMARTS) is 1. The van der Waals surface area contributed by atoms with E-state index >= 15 is 0 Å². The molecule has 3 rings (SSSR count). The van der Waals surface area contributed by atoms with Gasteiger partial charge in [-0.3, -0.25) is 0 Å².